The number of fused-ring (bicyclic) bond motifs is 2. The van der Waals surface area contributed by atoms with Crippen molar-refractivity contribution in [1.82, 2.24) is 14.9 Å². The molecule has 1 aliphatic rings. The standard InChI is InChI=1S/C28H25N3O3/c1-2-31-16-21(14-20-9-3-6-12-25(20)34-18-19-8-7-13-29-15-19)27-23(17-31)26(28(32)33)22-10-4-5-11-24(22)30-27/h3-15H,2,16-18H2,1H3,(H,32,33)/b21-14+. The first-order valence-electron chi connectivity index (χ1n) is 11.3. The lowest BCUT2D eigenvalue weighted by Gasteiger charge is -2.30. The fourth-order valence-electron chi connectivity index (χ4n) is 4.41. The van der Waals surface area contributed by atoms with E-state index in [1.165, 1.54) is 0 Å². The molecule has 0 aliphatic carbocycles. The minimum Gasteiger partial charge on any atom is -0.488 e. The first kappa shape index (κ1) is 21.8. The van der Waals surface area contributed by atoms with E-state index in [2.05, 4.69) is 22.9 Å². The highest BCUT2D eigenvalue weighted by Crippen LogP contribution is 2.35. The molecule has 0 fully saturated rings. The Bertz CT molecular complexity index is 1380. The lowest BCUT2D eigenvalue weighted by atomic mass is 9.92. The Labute approximate surface area is 198 Å². The van der Waals surface area contributed by atoms with Gasteiger partial charge in [0.1, 0.15) is 12.4 Å². The second kappa shape index (κ2) is 9.45. The minimum atomic E-state index is -0.924. The third kappa shape index (κ3) is 4.28. The van der Waals surface area contributed by atoms with Crippen LogP contribution in [-0.2, 0) is 13.2 Å². The van der Waals surface area contributed by atoms with E-state index >= 15 is 0 Å². The summed E-state index contributed by atoms with van der Waals surface area (Å²) < 4.78 is 6.13. The van der Waals surface area contributed by atoms with Crippen molar-refractivity contribution in [1.29, 1.82) is 0 Å². The van der Waals surface area contributed by atoms with Crippen LogP contribution in [-0.4, -0.2) is 39.0 Å². The van der Waals surface area contributed by atoms with Crippen molar-refractivity contribution >= 4 is 28.5 Å². The molecular weight excluding hydrogens is 426 g/mol. The van der Waals surface area contributed by atoms with Crippen molar-refractivity contribution in [2.24, 2.45) is 0 Å². The van der Waals surface area contributed by atoms with Crippen LogP contribution in [0.5, 0.6) is 5.75 Å². The molecule has 0 spiro atoms. The summed E-state index contributed by atoms with van der Waals surface area (Å²) in [5.74, 6) is -0.166. The van der Waals surface area contributed by atoms with Crippen LogP contribution in [0, 0.1) is 0 Å². The Hall–Kier alpha value is -4.03. The molecule has 6 heteroatoms. The van der Waals surface area contributed by atoms with E-state index in [0.717, 1.165) is 40.3 Å². The van der Waals surface area contributed by atoms with Gasteiger partial charge in [0.25, 0.3) is 0 Å². The molecule has 0 saturated carbocycles. The number of likely N-dealkylation sites (N-methyl/N-ethyl adjacent to an activating group) is 1. The maximum Gasteiger partial charge on any atom is 0.336 e. The van der Waals surface area contributed by atoms with Gasteiger partial charge in [0.05, 0.1) is 16.8 Å². The van der Waals surface area contributed by atoms with E-state index in [1.54, 1.807) is 12.4 Å². The third-order valence-corrected chi connectivity index (χ3v) is 6.10. The van der Waals surface area contributed by atoms with Crippen LogP contribution in [0.2, 0.25) is 0 Å². The first-order valence-corrected chi connectivity index (χ1v) is 11.3. The van der Waals surface area contributed by atoms with Gasteiger partial charge in [-0.25, -0.2) is 9.78 Å². The van der Waals surface area contributed by atoms with Crippen molar-refractivity contribution in [2.75, 3.05) is 13.1 Å². The highest BCUT2D eigenvalue weighted by Gasteiger charge is 2.28. The predicted molar refractivity (Wildman–Crippen MR) is 133 cm³/mol. The van der Waals surface area contributed by atoms with Crippen molar-refractivity contribution in [3.8, 4) is 5.75 Å². The van der Waals surface area contributed by atoms with Crippen LogP contribution < -0.4 is 4.74 Å². The highest BCUT2D eigenvalue weighted by molar-refractivity contribution is 6.06. The summed E-state index contributed by atoms with van der Waals surface area (Å²) >= 11 is 0. The van der Waals surface area contributed by atoms with Gasteiger partial charge in [0.2, 0.25) is 0 Å². The number of para-hydroxylation sites is 2. The molecule has 0 bridgehead atoms. The highest BCUT2D eigenvalue weighted by atomic mass is 16.5. The van der Waals surface area contributed by atoms with Crippen LogP contribution in [0.15, 0.2) is 73.1 Å². The smallest absolute Gasteiger partial charge is 0.336 e. The van der Waals surface area contributed by atoms with Crippen LogP contribution in [0.3, 0.4) is 0 Å². The Morgan fingerprint density at radius 1 is 1.09 bits per heavy atom. The van der Waals surface area contributed by atoms with Crippen LogP contribution >= 0.6 is 0 Å². The molecule has 0 saturated heterocycles. The van der Waals surface area contributed by atoms with Gasteiger partial charge in [-0.3, -0.25) is 9.88 Å². The van der Waals surface area contributed by atoms with Gasteiger partial charge in [-0.15, -0.1) is 0 Å². The Morgan fingerprint density at radius 2 is 1.91 bits per heavy atom. The van der Waals surface area contributed by atoms with Gasteiger partial charge >= 0.3 is 5.97 Å². The lowest BCUT2D eigenvalue weighted by molar-refractivity contribution is 0.0696. The Morgan fingerprint density at radius 3 is 2.71 bits per heavy atom. The van der Waals surface area contributed by atoms with Crippen LogP contribution in [0.1, 0.15) is 39.7 Å². The maximum absolute atomic E-state index is 12.3. The summed E-state index contributed by atoms with van der Waals surface area (Å²) in [5.41, 5.74) is 5.44. The zero-order chi connectivity index (χ0) is 23.5. The Kier molecular flexibility index (Phi) is 6.06. The molecule has 2 aromatic heterocycles. The van der Waals surface area contributed by atoms with Gasteiger partial charge in [0.15, 0.2) is 0 Å². The van der Waals surface area contributed by atoms with Gasteiger partial charge in [-0.05, 0) is 36.4 Å². The molecule has 170 valence electrons. The molecule has 4 aromatic rings. The lowest BCUT2D eigenvalue weighted by Crippen LogP contribution is -2.31. The number of hydrogen-bond donors (Lipinski definition) is 1. The molecule has 34 heavy (non-hydrogen) atoms. The Balaban J connectivity index is 1.61. The monoisotopic (exact) mass is 451 g/mol. The van der Waals surface area contributed by atoms with E-state index in [-0.39, 0.29) is 0 Å². The summed E-state index contributed by atoms with van der Waals surface area (Å²) in [7, 11) is 0. The number of aromatic carboxylic acids is 1. The second-order valence-corrected chi connectivity index (χ2v) is 8.30. The van der Waals surface area contributed by atoms with E-state index in [0.29, 0.717) is 36.2 Å². The summed E-state index contributed by atoms with van der Waals surface area (Å²) in [5, 5.41) is 10.8. The van der Waals surface area contributed by atoms with E-state index in [9.17, 15) is 9.90 Å². The predicted octanol–water partition coefficient (Wildman–Crippen LogP) is 5.28. The SMILES string of the molecule is CCN1C/C(=C\c2ccccc2OCc2cccnc2)c2nc3ccccc3c(C(=O)O)c2C1. The van der Waals surface area contributed by atoms with Crippen LogP contribution in [0.4, 0.5) is 0 Å². The van der Waals surface area contributed by atoms with Gasteiger partial charge in [0, 0.05) is 47.6 Å². The van der Waals surface area contributed by atoms with Crippen molar-refractivity contribution in [3.63, 3.8) is 0 Å². The van der Waals surface area contributed by atoms with Crippen molar-refractivity contribution in [3.05, 3.63) is 101 Å². The molecule has 5 rings (SSSR count). The van der Waals surface area contributed by atoms with Crippen LogP contribution in [0.25, 0.3) is 22.6 Å². The number of benzene rings is 2. The van der Waals surface area contributed by atoms with E-state index in [4.69, 9.17) is 9.72 Å². The van der Waals surface area contributed by atoms with Gasteiger partial charge in [-0.1, -0.05) is 49.4 Å². The number of ether oxygens (including phenoxy) is 1. The summed E-state index contributed by atoms with van der Waals surface area (Å²) in [6, 6.07) is 19.2. The second-order valence-electron chi connectivity index (χ2n) is 8.30. The maximum atomic E-state index is 12.3. The summed E-state index contributed by atoms with van der Waals surface area (Å²) in [4.78, 5) is 23.6. The number of aromatic nitrogens is 2. The number of rotatable bonds is 6. The number of hydrogen-bond acceptors (Lipinski definition) is 5. The number of pyridine rings is 2. The largest absolute Gasteiger partial charge is 0.488 e. The average molecular weight is 452 g/mol. The van der Waals surface area contributed by atoms with E-state index in [1.807, 2.05) is 60.7 Å². The third-order valence-electron chi connectivity index (χ3n) is 6.10. The number of carboxylic acids is 1. The molecule has 3 heterocycles. The minimum absolute atomic E-state index is 0.339. The molecule has 1 N–H and O–H groups in total. The number of carbonyl (C=O) groups is 1. The zero-order valence-corrected chi connectivity index (χ0v) is 18.9. The molecule has 1 aliphatic heterocycles. The molecule has 0 unspecified atom stereocenters. The van der Waals surface area contributed by atoms with Gasteiger partial charge in [-0.2, -0.15) is 0 Å². The molecule has 6 nitrogen and oxygen atoms in total. The quantitative estimate of drug-likeness (QED) is 0.430. The molecule has 0 atom stereocenters. The first-order chi connectivity index (χ1) is 16.6. The fourth-order valence-corrected chi connectivity index (χ4v) is 4.41. The average Bonchev–Trinajstić information content (AvgIpc) is 2.87. The summed E-state index contributed by atoms with van der Waals surface area (Å²) in [6.45, 7) is 4.55. The van der Waals surface area contributed by atoms with Gasteiger partial charge < -0.3 is 9.84 Å². The van der Waals surface area contributed by atoms with Crippen molar-refractivity contribution in [2.45, 2.75) is 20.1 Å². The normalized spacial score (nSPS) is 14.8. The molecule has 0 radical (unpaired) electrons. The summed E-state index contributed by atoms with van der Waals surface area (Å²) in [6.07, 6.45) is 5.61. The van der Waals surface area contributed by atoms with Crippen molar-refractivity contribution < 1.29 is 14.6 Å². The molecule has 2 aromatic carbocycles. The zero-order valence-electron chi connectivity index (χ0n) is 18.9. The number of nitrogens with zero attached hydrogens (tertiary/aromatic N) is 3. The van der Waals surface area contributed by atoms with E-state index < -0.39 is 5.97 Å². The fraction of sp³-hybridized carbons (Fsp3) is 0.179. The topological polar surface area (TPSA) is 75.5 Å². The number of carboxylic acid groups (broad SMARTS) is 1. The molecular formula is C28H25N3O3. The molecule has 0 amide bonds.